The molecule has 0 N–H and O–H groups in total. The van der Waals surface area contributed by atoms with Gasteiger partial charge in [0.25, 0.3) is 0 Å². The van der Waals surface area contributed by atoms with E-state index in [-0.39, 0.29) is 0 Å². The number of allylic oxidation sites excluding steroid dienone is 2. The molecule has 1 aliphatic heterocycles. The molecule has 1 saturated heterocycles. The molecule has 38 heavy (non-hydrogen) atoms. The van der Waals surface area contributed by atoms with Crippen LogP contribution in [0.15, 0.2) is 59.1 Å². The molecule has 2 aromatic heterocycles. The summed E-state index contributed by atoms with van der Waals surface area (Å²) >= 11 is 0. The van der Waals surface area contributed by atoms with E-state index in [0.29, 0.717) is 17.9 Å². The number of aryl methyl sites for hydroxylation is 2. The number of fused-ring (bicyclic) bond motifs is 1. The summed E-state index contributed by atoms with van der Waals surface area (Å²) < 4.78 is 11.9. The van der Waals surface area contributed by atoms with Crippen LogP contribution in [0.5, 0.6) is 5.75 Å². The van der Waals surface area contributed by atoms with Crippen molar-refractivity contribution >= 4 is 22.2 Å². The summed E-state index contributed by atoms with van der Waals surface area (Å²) in [4.78, 5) is 7.25. The van der Waals surface area contributed by atoms with Crippen LogP contribution in [0, 0.1) is 19.3 Å². The van der Waals surface area contributed by atoms with Crippen molar-refractivity contribution in [3.63, 3.8) is 0 Å². The van der Waals surface area contributed by atoms with Crippen LogP contribution in [0.1, 0.15) is 67.5 Å². The molecule has 0 bridgehead atoms. The minimum Gasteiger partial charge on any atom is -0.493 e. The second-order valence-electron chi connectivity index (χ2n) is 11.5. The lowest BCUT2D eigenvalue weighted by Gasteiger charge is -2.47. The quantitative estimate of drug-likeness (QED) is 0.267. The van der Waals surface area contributed by atoms with Crippen molar-refractivity contribution in [2.45, 2.75) is 58.8 Å². The fraction of sp³-hybridized carbons (Fsp3) is 0.394. The van der Waals surface area contributed by atoms with Gasteiger partial charge in [-0.25, -0.2) is 0 Å². The van der Waals surface area contributed by atoms with Gasteiger partial charge < -0.3 is 14.2 Å². The molecule has 5 nitrogen and oxygen atoms in total. The van der Waals surface area contributed by atoms with E-state index in [0.717, 1.165) is 53.3 Å². The fourth-order valence-electron chi connectivity index (χ4n) is 6.45. The number of nitrogens with zero attached hydrogens (tertiary/aromatic N) is 3. The first-order valence-corrected chi connectivity index (χ1v) is 14.1. The molecule has 4 aromatic rings. The van der Waals surface area contributed by atoms with Gasteiger partial charge in [-0.2, -0.15) is 0 Å². The van der Waals surface area contributed by atoms with E-state index in [9.17, 15) is 0 Å². The molecule has 0 amide bonds. The van der Waals surface area contributed by atoms with Crippen molar-refractivity contribution in [2.75, 3.05) is 24.6 Å². The van der Waals surface area contributed by atoms with Crippen LogP contribution >= 0.6 is 0 Å². The lowest BCUT2D eigenvalue weighted by atomic mass is 9.63. The largest absolute Gasteiger partial charge is 0.493 e. The Hall–Kier alpha value is -3.60. The smallest absolute Gasteiger partial charge is 0.147 e. The Labute approximate surface area is 224 Å². The molecule has 2 aromatic carbocycles. The lowest BCUT2D eigenvalue weighted by molar-refractivity contribution is 0.277. The first-order valence-electron chi connectivity index (χ1n) is 14.1. The van der Waals surface area contributed by atoms with Gasteiger partial charge in [0, 0.05) is 53.0 Å². The molecule has 7 rings (SSSR count). The molecular weight excluding hydrogens is 470 g/mol. The molecule has 2 aliphatic carbocycles. The maximum Gasteiger partial charge on any atom is 0.147 e. The second-order valence-corrected chi connectivity index (χ2v) is 11.5. The Morgan fingerprint density at radius 3 is 2.58 bits per heavy atom. The Balaban J connectivity index is 1.13. The third kappa shape index (κ3) is 4.00. The summed E-state index contributed by atoms with van der Waals surface area (Å²) in [5.41, 5.74) is 9.75. The summed E-state index contributed by atoms with van der Waals surface area (Å²) in [6.45, 7) is 9.00. The normalized spacial score (nSPS) is 18.5. The topological polar surface area (TPSA) is 51.4 Å². The highest BCUT2D eigenvalue weighted by molar-refractivity contribution is 5.89. The Morgan fingerprint density at radius 2 is 1.84 bits per heavy atom. The monoisotopic (exact) mass is 505 g/mol. The molecule has 3 heterocycles. The van der Waals surface area contributed by atoms with E-state index in [4.69, 9.17) is 14.2 Å². The summed E-state index contributed by atoms with van der Waals surface area (Å²) in [7, 11) is 0. The SMILES string of the molecule is CCOc1cc(C)nc2ccc(N3CCC4(C=C(c5c(-c6ccccc6C)noc5C5CC5)C4)CC3)cc12. The molecule has 0 atom stereocenters. The van der Waals surface area contributed by atoms with Crippen molar-refractivity contribution in [1.82, 2.24) is 10.1 Å². The molecular formula is C33H35N3O2. The van der Waals surface area contributed by atoms with Crippen LogP contribution in [0.2, 0.25) is 0 Å². The second kappa shape index (κ2) is 9.00. The van der Waals surface area contributed by atoms with Crippen LogP contribution in [0.4, 0.5) is 5.69 Å². The van der Waals surface area contributed by atoms with E-state index in [1.165, 1.54) is 53.6 Å². The zero-order valence-electron chi connectivity index (χ0n) is 22.6. The predicted molar refractivity (Wildman–Crippen MR) is 153 cm³/mol. The maximum atomic E-state index is 5.99. The number of aromatic nitrogens is 2. The summed E-state index contributed by atoms with van der Waals surface area (Å²) in [5, 5.41) is 5.71. The molecule has 1 spiro atoms. The van der Waals surface area contributed by atoms with E-state index in [1.807, 2.05) is 19.9 Å². The van der Waals surface area contributed by atoms with Gasteiger partial charge in [0.2, 0.25) is 0 Å². The summed E-state index contributed by atoms with van der Waals surface area (Å²) in [6, 6.07) is 17.2. The Kier molecular flexibility index (Phi) is 5.57. The molecule has 2 fully saturated rings. The zero-order chi connectivity index (χ0) is 25.9. The highest BCUT2D eigenvalue weighted by Gasteiger charge is 2.43. The van der Waals surface area contributed by atoms with Crippen molar-refractivity contribution in [3.8, 4) is 17.0 Å². The highest BCUT2D eigenvalue weighted by atomic mass is 16.5. The Bertz CT molecular complexity index is 1550. The molecule has 3 aliphatic rings. The predicted octanol–water partition coefficient (Wildman–Crippen LogP) is 7.86. The number of pyridine rings is 1. The van der Waals surface area contributed by atoms with E-state index < -0.39 is 0 Å². The maximum absolute atomic E-state index is 5.99. The van der Waals surface area contributed by atoms with Crippen LogP contribution < -0.4 is 9.64 Å². The number of hydrogen-bond donors (Lipinski definition) is 0. The van der Waals surface area contributed by atoms with Crippen LogP contribution in [0.3, 0.4) is 0 Å². The Morgan fingerprint density at radius 1 is 1.05 bits per heavy atom. The van der Waals surface area contributed by atoms with Crippen LogP contribution in [-0.2, 0) is 0 Å². The van der Waals surface area contributed by atoms with E-state index in [2.05, 4.69) is 65.5 Å². The number of piperidine rings is 1. The van der Waals surface area contributed by atoms with E-state index in [1.54, 1.807) is 0 Å². The molecule has 0 unspecified atom stereocenters. The average Bonchev–Trinajstić information content (AvgIpc) is 3.66. The fourth-order valence-corrected chi connectivity index (χ4v) is 6.45. The van der Waals surface area contributed by atoms with Crippen molar-refractivity contribution in [3.05, 3.63) is 77.2 Å². The van der Waals surface area contributed by atoms with Gasteiger partial charge in [0.1, 0.15) is 17.2 Å². The van der Waals surface area contributed by atoms with Crippen LogP contribution in [-0.4, -0.2) is 29.8 Å². The number of anilines is 1. The first kappa shape index (κ1) is 23.5. The third-order valence-corrected chi connectivity index (χ3v) is 8.72. The summed E-state index contributed by atoms with van der Waals surface area (Å²) in [5.74, 6) is 2.59. The van der Waals surface area contributed by atoms with Gasteiger partial charge in [-0.05, 0) is 87.6 Å². The molecule has 5 heteroatoms. The van der Waals surface area contributed by atoms with E-state index >= 15 is 0 Å². The van der Waals surface area contributed by atoms with Gasteiger partial charge in [0.15, 0.2) is 0 Å². The number of hydrogen-bond acceptors (Lipinski definition) is 5. The molecule has 0 radical (unpaired) electrons. The highest BCUT2D eigenvalue weighted by Crippen LogP contribution is 2.55. The van der Waals surface area contributed by atoms with Crippen molar-refractivity contribution in [2.24, 2.45) is 5.41 Å². The van der Waals surface area contributed by atoms with Gasteiger partial charge in [-0.15, -0.1) is 0 Å². The minimum absolute atomic E-state index is 0.291. The average molecular weight is 506 g/mol. The first-order chi connectivity index (χ1) is 18.5. The molecule has 194 valence electrons. The van der Waals surface area contributed by atoms with Crippen molar-refractivity contribution in [1.29, 1.82) is 0 Å². The summed E-state index contributed by atoms with van der Waals surface area (Å²) in [6.07, 6.45) is 8.45. The standard InChI is InChI=1S/C33H35N3O2/c1-4-37-29-17-22(3)34-28-12-11-25(18-27(28)29)36-15-13-33(14-16-36)19-24(20-33)30-31(26-8-6-5-7-21(26)2)35-38-32(30)23-9-10-23/h5-8,11-12,17-19,23H,4,9-10,13-16,20H2,1-3H3. The number of ether oxygens (including phenoxy) is 1. The number of rotatable bonds is 6. The van der Waals surface area contributed by atoms with Gasteiger partial charge in [-0.3, -0.25) is 4.98 Å². The minimum atomic E-state index is 0.291. The zero-order valence-corrected chi connectivity index (χ0v) is 22.6. The van der Waals surface area contributed by atoms with Gasteiger partial charge >= 0.3 is 0 Å². The van der Waals surface area contributed by atoms with Gasteiger partial charge in [0.05, 0.1) is 12.1 Å². The third-order valence-electron chi connectivity index (χ3n) is 8.72. The van der Waals surface area contributed by atoms with Gasteiger partial charge in [-0.1, -0.05) is 35.5 Å². The lowest BCUT2D eigenvalue weighted by Crippen LogP contribution is -2.42. The molecule has 1 saturated carbocycles. The van der Waals surface area contributed by atoms with Crippen molar-refractivity contribution < 1.29 is 9.26 Å². The van der Waals surface area contributed by atoms with Crippen LogP contribution in [0.25, 0.3) is 27.7 Å². The number of benzene rings is 2.